The van der Waals surface area contributed by atoms with Crippen LogP contribution in [0.25, 0.3) is 10.8 Å². The molecule has 0 aliphatic rings. The largest absolute Gasteiger partial charge is 0.151 e. The second kappa shape index (κ2) is 8.39. The Labute approximate surface area is 142 Å². The van der Waals surface area contributed by atoms with Gasteiger partial charge in [0.2, 0.25) is 0 Å². The van der Waals surface area contributed by atoms with E-state index < -0.39 is 0 Å². The van der Waals surface area contributed by atoms with E-state index in [2.05, 4.69) is 58.8 Å². The highest BCUT2D eigenvalue weighted by Gasteiger charge is 1.87. The van der Waals surface area contributed by atoms with Gasteiger partial charge in [-0.05, 0) is 35.0 Å². The third kappa shape index (κ3) is 4.62. The van der Waals surface area contributed by atoms with E-state index >= 15 is 0 Å². The second-order valence-corrected chi connectivity index (χ2v) is 5.22. The van der Waals surface area contributed by atoms with E-state index in [0.717, 1.165) is 11.4 Å². The maximum atomic E-state index is 4.10. The molecule has 0 heterocycles. The Hall–Kier alpha value is -3.26. The molecule has 24 heavy (non-hydrogen) atoms. The summed E-state index contributed by atoms with van der Waals surface area (Å²) in [5.41, 5.74) is 1.74. The maximum absolute atomic E-state index is 4.10. The van der Waals surface area contributed by atoms with Gasteiger partial charge in [0.25, 0.3) is 0 Å². The van der Waals surface area contributed by atoms with Gasteiger partial charge >= 0.3 is 0 Å². The summed E-state index contributed by atoms with van der Waals surface area (Å²) in [6.07, 6.45) is 0. The van der Waals surface area contributed by atoms with Gasteiger partial charge in [-0.3, -0.25) is 0 Å². The molecule has 0 fully saturated rings. The first kappa shape index (κ1) is 15.6. The van der Waals surface area contributed by atoms with Crippen molar-refractivity contribution in [1.82, 2.24) is 0 Å². The van der Waals surface area contributed by atoms with Crippen LogP contribution in [0.15, 0.2) is 119 Å². The summed E-state index contributed by atoms with van der Waals surface area (Å²) in [6.45, 7) is 0. The molecule has 2 heteroatoms. The topological polar surface area (TPSA) is 24.7 Å². The molecule has 0 spiro atoms. The normalized spacial score (nSPS) is 10.3. The van der Waals surface area contributed by atoms with Crippen molar-refractivity contribution in [3.63, 3.8) is 0 Å². The number of azo groups is 1. The van der Waals surface area contributed by atoms with Crippen molar-refractivity contribution in [3.05, 3.63) is 109 Å². The van der Waals surface area contributed by atoms with Gasteiger partial charge in [0, 0.05) is 0 Å². The summed E-state index contributed by atoms with van der Waals surface area (Å²) in [7, 11) is 0. The fourth-order valence-corrected chi connectivity index (χ4v) is 2.24. The Morgan fingerprint density at radius 1 is 0.333 bits per heavy atom. The molecule has 0 aliphatic heterocycles. The highest BCUT2D eigenvalue weighted by Crippen LogP contribution is 2.16. The molecule has 0 aliphatic carbocycles. The van der Waals surface area contributed by atoms with E-state index in [1.54, 1.807) is 0 Å². The Balaban J connectivity index is 0.000000149. The van der Waals surface area contributed by atoms with Crippen LogP contribution in [-0.4, -0.2) is 0 Å². The van der Waals surface area contributed by atoms with E-state index in [1.165, 1.54) is 10.8 Å². The monoisotopic (exact) mass is 310 g/mol. The summed E-state index contributed by atoms with van der Waals surface area (Å²) in [6, 6.07) is 36.1. The Kier molecular flexibility index (Phi) is 5.47. The zero-order valence-corrected chi connectivity index (χ0v) is 13.3. The summed E-state index contributed by atoms with van der Waals surface area (Å²) >= 11 is 0. The third-order valence-electron chi connectivity index (χ3n) is 3.45. The van der Waals surface area contributed by atoms with E-state index in [1.807, 2.05) is 60.7 Å². The van der Waals surface area contributed by atoms with Gasteiger partial charge in [0.05, 0.1) is 11.4 Å². The first-order chi connectivity index (χ1) is 11.9. The number of nitrogens with zero attached hydrogens (tertiary/aromatic N) is 2. The average molecular weight is 310 g/mol. The molecule has 116 valence electrons. The lowest BCUT2D eigenvalue weighted by atomic mass is 10.1. The van der Waals surface area contributed by atoms with Crippen molar-refractivity contribution in [3.8, 4) is 0 Å². The highest BCUT2D eigenvalue weighted by molar-refractivity contribution is 5.82. The Morgan fingerprint density at radius 2 is 0.625 bits per heavy atom. The van der Waals surface area contributed by atoms with Crippen LogP contribution in [-0.2, 0) is 0 Å². The predicted molar refractivity (Wildman–Crippen MR) is 101 cm³/mol. The van der Waals surface area contributed by atoms with Crippen molar-refractivity contribution < 1.29 is 0 Å². The SMILES string of the molecule is c1ccc(/N=N/c2ccccc2)cc1.c1ccc2ccccc2c1. The molecular weight excluding hydrogens is 292 g/mol. The fraction of sp³-hybridized carbons (Fsp3) is 0. The van der Waals surface area contributed by atoms with E-state index in [9.17, 15) is 0 Å². The second-order valence-electron chi connectivity index (χ2n) is 5.22. The van der Waals surface area contributed by atoms with Gasteiger partial charge in [-0.1, -0.05) is 84.9 Å². The molecule has 0 saturated heterocycles. The number of hydrogen-bond acceptors (Lipinski definition) is 2. The summed E-state index contributed by atoms with van der Waals surface area (Å²) in [5, 5.41) is 10.8. The van der Waals surface area contributed by atoms with Crippen LogP contribution in [0.3, 0.4) is 0 Å². The van der Waals surface area contributed by atoms with Gasteiger partial charge in [0.15, 0.2) is 0 Å². The molecule has 4 aromatic carbocycles. The molecule has 4 rings (SSSR count). The molecule has 0 N–H and O–H groups in total. The van der Waals surface area contributed by atoms with Gasteiger partial charge in [0.1, 0.15) is 0 Å². The van der Waals surface area contributed by atoms with Gasteiger partial charge in [-0.25, -0.2) is 0 Å². The quantitative estimate of drug-likeness (QED) is 0.358. The van der Waals surface area contributed by atoms with Crippen molar-refractivity contribution in [2.24, 2.45) is 10.2 Å². The lowest BCUT2D eigenvalue weighted by molar-refractivity contribution is 1.23. The number of benzene rings is 4. The van der Waals surface area contributed by atoms with Crippen LogP contribution in [0, 0.1) is 0 Å². The molecule has 0 radical (unpaired) electrons. The fourth-order valence-electron chi connectivity index (χ4n) is 2.24. The standard InChI is InChI=1S/C12H10N2.C10H8/c1-3-7-11(8-4-1)13-14-12-9-5-2-6-10-12;1-2-6-10-8-4-3-7-9(10)5-1/h1-10H;1-8H/b14-13+;. The minimum absolute atomic E-state index is 0.872. The summed E-state index contributed by atoms with van der Waals surface area (Å²) < 4.78 is 0. The predicted octanol–water partition coefficient (Wildman–Crippen LogP) is 6.94. The molecule has 4 aromatic rings. The third-order valence-corrected chi connectivity index (χ3v) is 3.45. The average Bonchev–Trinajstić information content (AvgIpc) is 2.69. The van der Waals surface area contributed by atoms with E-state index in [0.29, 0.717) is 0 Å². The van der Waals surface area contributed by atoms with Gasteiger partial charge < -0.3 is 0 Å². The van der Waals surface area contributed by atoms with Crippen LogP contribution >= 0.6 is 0 Å². The van der Waals surface area contributed by atoms with Crippen molar-refractivity contribution in [1.29, 1.82) is 0 Å². The maximum Gasteiger partial charge on any atom is 0.0857 e. The molecule has 0 aromatic heterocycles. The lowest BCUT2D eigenvalue weighted by Crippen LogP contribution is -1.67. The van der Waals surface area contributed by atoms with Gasteiger partial charge in [-0.2, -0.15) is 10.2 Å². The highest BCUT2D eigenvalue weighted by atomic mass is 15.1. The van der Waals surface area contributed by atoms with Crippen LogP contribution in [0.5, 0.6) is 0 Å². The minimum atomic E-state index is 0.872. The molecule has 0 saturated carbocycles. The van der Waals surface area contributed by atoms with Crippen LogP contribution < -0.4 is 0 Å². The minimum Gasteiger partial charge on any atom is -0.151 e. The van der Waals surface area contributed by atoms with Crippen molar-refractivity contribution in [2.45, 2.75) is 0 Å². The smallest absolute Gasteiger partial charge is 0.0857 e. The molecule has 2 nitrogen and oxygen atoms in total. The zero-order chi connectivity index (χ0) is 16.5. The number of rotatable bonds is 2. The Morgan fingerprint density at radius 3 is 0.958 bits per heavy atom. The molecule has 0 amide bonds. The molecular formula is C22H18N2. The van der Waals surface area contributed by atoms with Gasteiger partial charge in [-0.15, -0.1) is 0 Å². The first-order valence-electron chi connectivity index (χ1n) is 7.87. The molecule has 0 bridgehead atoms. The summed E-state index contributed by atoms with van der Waals surface area (Å²) in [5.74, 6) is 0. The number of hydrogen-bond donors (Lipinski definition) is 0. The van der Waals surface area contributed by atoms with E-state index in [4.69, 9.17) is 0 Å². The molecule has 0 unspecified atom stereocenters. The van der Waals surface area contributed by atoms with Crippen molar-refractivity contribution >= 4 is 22.1 Å². The number of fused-ring (bicyclic) bond motifs is 1. The van der Waals surface area contributed by atoms with Crippen molar-refractivity contribution in [2.75, 3.05) is 0 Å². The van der Waals surface area contributed by atoms with Crippen LogP contribution in [0.2, 0.25) is 0 Å². The van der Waals surface area contributed by atoms with E-state index in [-0.39, 0.29) is 0 Å². The first-order valence-corrected chi connectivity index (χ1v) is 7.87. The molecule has 0 atom stereocenters. The summed E-state index contributed by atoms with van der Waals surface area (Å²) in [4.78, 5) is 0. The lowest BCUT2D eigenvalue weighted by Gasteiger charge is -1.92. The Bertz CT molecular complexity index is 793. The van der Waals surface area contributed by atoms with Crippen LogP contribution in [0.1, 0.15) is 0 Å². The van der Waals surface area contributed by atoms with Crippen LogP contribution in [0.4, 0.5) is 11.4 Å². The zero-order valence-electron chi connectivity index (χ0n) is 13.3.